The molecule has 0 aliphatic heterocycles. The Labute approximate surface area is 88.4 Å². The monoisotopic (exact) mass is 237 g/mol. The van der Waals surface area contributed by atoms with Crippen molar-refractivity contribution >= 4 is 6.08 Å². The third-order valence-corrected chi connectivity index (χ3v) is 1.96. The van der Waals surface area contributed by atoms with Crippen molar-refractivity contribution in [2.45, 2.75) is 6.92 Å². The Morgan fingerprint density at radius 1 is 0.938 bits per heavy atom. The van der Waals surface area contributed by atoms with Crippen LogP contribution in [-0.4, -0.2) is 6.54 Å². The Morgan fingerprint density at radius 2 is 1.31 bits per heavy atom. The lowest BCUT2D eigenvalue weighted by Crippen LogP contribution is -2.06. The lowest BCUT2D eigenvalue weighted by molar-refractivity contribution is 0.377. The molecule has 1 aromatic rings. The summed E-state index contributed by atoms with van der Waals surface area (Å²) in [5, 5.41) is 0. The molecule has 1 rings (SSSR count). The standard InChI is InChI=1S/C10H8F5N/c1-4(3-16)2-5-6(11)8(13)10(15)9(14)7(5)12/h2H,3,16H2,1H3. The number of nitrogens with two attached hydrogens (primary N) is 1. The summed E-state index contributed by atoms with van der Waals surface area (Å²) in [5.41, 5.74) is 4.47. The molecule has 0 aromatic heterocycles. The van der Waals surface area contributed by atoms with Gasteiger partial charge in [-0.05, 0) is 13.0 Å². The highest BCUT2D eigenvalue weighted by atomic mass is 19.2. The molecule has 0 amide bonds. The van der Waals surface area contributed by atoms with E-state index >= 15 is 0 Å². The van der Waals surface area contributed by atoms with Crippen LogP contribution in [0.25, 0.3) is 6.08 Å². The molecule has 0 radical (unpaired) electrons. The summed E-state index contributed by atoms with van der Waals surface area (Å²) in [6, 6.07) is 0. The van der Waals surface area contributed by atoms with E-state index in [2.05, 4.69) is 0 Å². The van der Waals surface area contributed by atoms with Crippen molar-refractivity contribution in [1.29, 1.82) is 0 Å². The molecule has 2 N–H and O–H groups in total. The second-order valence-corrected chi connectivity index (χ2v) is 3.18. The Bertz CT molecular complexity index is 424. The Morgan fingerprint density at radius 3 is 1.69 bits per heavy atom. The van der Waals surface area contributed by atoms with Crippen molar-refractivity contribution in [1.82, 2.24) is 0 Å². The predicted molar refractivity (Wildman–Crippen MR) is 48.9 cm³/mol. The van der Waals surface area contributed by atoms with Gasteiger partial charge >= 0.3 is 0 Å². The summed E-state index contributed by atoms with van der Waals surface area (Å²) < 4.78 is 64.3. The van der Waals surface area contributed by atoms with Crippen LogP contribution in [-0.2, 0) is 0 Å². The van der Waals surface area contributed by atoms with E-state index in [1.54, 1.807) is 0 Å². The molecule has 0 bridgehead atoms. The van der Waals surface area contributed by atoms with Gasteiger partial charge in [0.1, 0.15) is 0 Å². The van der Waals surface area contributed by atoms with E-state index in [4.69, 9.17) is 5.73 Å². The molecule has 88 valence electrons. The van der Waals surface area contributed by atoms with Gasteiger partial charge in [-0.25, -0.2) is 22.0 Å². The quantitative estimate of drug-likeness (QED) is 0.477. The highest BCUT2D eigenvalue weighted by molar-refractivity contribution is 5.54. The summed E-state index contributed by atoms with van der Waals surface area (Å²) >= 11 is 0. The molecule has 0 fully saturated rings. The first-order chi connectivity index (χ1) is 7.40. The first kappa shape index (κ1) is 12.6. The third-order valence-electron chi connectivity index (χ3n) is 1.96. The highest BCUT2D eigenvalue weighted by Gasteiger charge is 2.24. The Balaban J connectivity index is 3.52. The van der Waals surface area contributed by atoms with Crippen LogP contribution in [0.3, 0.4) is 0 Å². The molecule has 0 saturated heterocycles. The summed E-state index contributed by atoms with van der Waals surface area (Å²) in [7, 11) is 0. The summed E-state index contributed by atoms with van der Waals surface area (Å²) in [5.74, 6) is -9.81. The third kappa shape index (κ3) is 2.06. The first-order valence-corrected chi connectivity index (χ1v) is 4.28. The minimum atomic E-state index is -2.17. The molecule has 0 atom stereocenters. The van der Waals surface area contributed by atoms with Crippen LogP contribution in [0.1, 0.15) is 12.5 Å². The van der Waals surface area contributed by atoms with Crippen LogP contribution < -0.4 is 5.73 Å². The van der Waals surface area contributed by atoms with Gasteiger partial charge in [-0.2, -0.15) is 0 Å². The number of hydrogen-bond acceptors (Lipinski definition) is 1. The molecule has 0 spiro atoms. The second-order valence-electron chi connectivity index (χ2n) is 3.18. The molecule has 1 nitrogen and oxygen atoms in total. The molecular weight excluding hydrogens is 229 g/mol. The molecule has 0 saturated carbocycles. The normalized spacial score (nSPS) is 12.1. The maximum atomic E-state index is 13.1. The maximum Gasteiger partial charge on any atom is 0.200 e. The highest BCUT2D eigenvalue weighted by Crippen LogP contribution is 2.24. The maximum absolute atomic E-state index is 13.1. The number of rotatable bonds is 2. The van der Waals surface area contributed by atoms with Gasteiger partial charge in [-0.3, -0.25) is 0 Å². The van der Waals surface area contributed by atoms with Gasteiger partial charge in [0.25, 0.3) is 0 Å². The van der Waals surface area contributed by atoms with E-state index in [1.165, 1.54) is 6.92 Å². The molecule has 1 aromatic carbocycles. The van der Waals surface area contributed by atoms with Gasteiger partial charge in [0, 0.05) is 6.54 Å². The van der Waals surface area contributed by atoms with Gasteiger partial charge in [0.2, 0.25) is 5.82 Å². The molecule has 6 heteroatoms. The molecule has 0 heterocycles. The van der Waals surface area contributed by atoms with Crippen LogP contribution >= 0.6 is 0 Å². The fourth-order valence-electron chi connectivity index (χ4n) is 1.05. The zero-order valence-corrected chi connectivity index (χ0v) is 8.25. The number of halogens is 5. The summed E-state index contributed by atoms with van der Waals surface area (Å²) in [4.78, 5) is 0. The fourth-order valence-corrected chi connectivity index (χ4v) is 1.05. The average Bonchev–Trinajstić information content (AvgIpc) is 2.29. The molecule has 0 aliphatic rings. The van der Waals surface area contributed by atoms with Crippen LogP contribution in [0.5, 0.6) is 0 Å². The van der Waals surface area contributed by atoms with Crippen molar-refractivity contribution in [3.63, 3.8) is 0 Å². The minimum Gasteiger partial charge on any atom is -0.327 e. The van der Waals surface area contributed by atoms with Crippen LogP contribution in [0.4, 0.5) is 22.0 Å². The predicted octanol–water partition coefficient (Wildman–Crippen LogP) is 2.74. The summed E-state index contributed by atoms with van der Waals surface area (Å²) in [6.07, 6.45) is 0.830. The second kappa shape index (κ2) is 4.61. The fraction of sp³-hybridized carbons (Fsp3) is 0.200. The zero-order valence-electron chi connectivity index (χ0n) is 8.25. The SMILES string of the molecule is CC(=Cc1c(F)c(F)c(F)c(F)c1F)CN. The molecular formula is C10H8F5N. The average molecular weight is 237 g/mol. The largest absolute Gasteiger partial charge is 0.327 e. The van der Waals surface area contributed by atoms with E-state index < -0.39 is 34.6 Å². The Kier molecular flexibility index (Phi) is 3.64. The van der Waals surface area contributed by atoms with Crippen molar-refractivity contribution in [2.75, 3.05) is 6.54 Å². The number of benzene rings is 1. The first-order valence-electron chi connectivity index (χ1n) is 4.28. The van der Waals surface area contributed by atoms with Crippen LogP contribution in [0.15, 0.2) is 5.57 Å². The van der Waals surface area contributed by atoms with E-state index in [-0.39, 0.29) is 6.54 Å². The van der Waals surface area contributed by atoms with Crippen LogP contribution in [0.2, 0.25) is 0 Å². The van der Waals surface area contributed by atoms with Crippen molar-refractivity contribution in [2.24, 2.45) is 5.73 Å². The number of hydrogen-bond donors (Lipinski definition) is 1. The van der Waals surface area contributed by atoms with Gasteiger partial charge in [-0.15, -0.1) is 0 Å². The lowest BCUT2D eigenvalue weighted by atomic mass is 10.1. The van der Waals surface area contributed by atoms with Gasteiger partial charge in [0.15, 0.2) is 23.3 Å². The van der Waals surface area contributed by atoms with E-state index in [1.807, 2.05) is 0 Å². The van der Waals surface area contributed by atoms with E-state index in [0.717, 1.165) is 6.08 Å². The smallest absolute Gasteiger partial charge is 0.200 e. The van der Waals surface area contributed by atoms with Crippen molar-refractivity contribution in [3.8, 4) is 0 Å². The van der Waals surface area contributed by atoms with Gasteiger partial charge < -0.3 is 5.73 Å². The van der Waals surface area contributed by atoms with Crippen molar-refractivity contribution in [3.05, 3.63) is 40.2 Å². The minimum absolute atomic E-state index is 0.0422. The van der Waals surface area contributed by atoms with E-state index in [0.29, 0.717) is 5.57 Å². The zero-order chi connectivity index (χ0) is 12.5. The van der Waals surface area contributed by atoms with E-state index in [9.17, 15) is 22.0 Å². The molecule has 0 aliphatic carbocycles. The molecule has 16 heavy (non-hydrogen) atoms. The van der Waals surface area contributed by atoms with Crippen molar-refractivity contribution < 1.29 is 22.0 Å². The van der Waals surface area contributed by atoms with Gasteiger partial charge in [-0.1, -0.05) is 5.57 Å². The van der Waals surface area contributed by atoms with Gasteiger partial charge in [0.05, 0.1) is 5.56 Å². The molecule has 0 unspecified atom stereocenters. The van der Waals surface area contributed by atoms with Crippen LogP contribution in [0, 0.1) is 29.1 Å². The Hall–Kier alpha value is -1.43. The topological polar surface area (TPSA) is 26.0 Å². The summed E-state index contributed by atoms with van der Waals surface area (Å²) in [6.45, 7) is 1.37. The lowest BCUT2D eigenvalue weighted by Gasteiger charge is -2.05.